The number of benzene rings is 1. The van der Waals surface area contributed by atoms with Crippen LogP contribution < -0.4 is 4.74 Å². The molecular formula is C17H25BrO2. The van der Waals surface area contributed by atoms with Crippen LogP contribution in [0.15, 0.2) is 16.6 Å². The Balaban J connectivity index is 2.90. The number of rotatable bonds is 5. The first kappa shape index (κ1) is 17.2. The minimum Gasteiger partial charge on any atom is -0.496 e. The molecule has 0 saturated heterocycles. The van der Waals surface area contributed by atoms with E-state index in [2.05, 4.69) is 43.6 Å². The van der Waals surface area contributed by atoms with Crippen molar-refractivity contribution in [1.82, 2.24) is 0 Å². The molecule has 3 heteroatoms. The van der Waals surface area contributed by atoms with E-state index >= 15 is 0 Å². The van der Waals surface area contributed by atoms with Crippen LogP contribution in [-0.2, 0) is 0 Å². The van der Waals surface area contributed by atoms with Crippen LogP contribution in [0.1, 0.15) is 56.5 Å². The van der Waals surface area contributed by atoms with Gasteiger partial charge in [-0.25, -0.2) is 0 Å². The molecule has 1 rings (SSSR count). The molecule has 1 unspecified atom stereocenters. The van der Waals surface area contributed by atoms with Gasteiger partial charge in [-0.3, -0.25) is 4.79 Å². The van der Waals surface area contributed by atoms with Crippen LogP contribution in [-0.4, -0.2) is 12.9 Å². The summed E-state index contributed by atoms with van der Waals surface area (Å²) in [5, 5.41) is 0. The Morgan fingerprint density at radius 3 is 2.45 bits per heavy atom. The molecule has 1 aromatic rings. The van der Waals surface area contributed by atoms with Gasteiger partial charge in [-0.2, -0.15) is 0 Å². The van der Waals surface area contributed by atoms with Crippen LogP contribution in [0.5, 0.6) is 5.75 Å². The molecule has 20 heavy (non-hydrogen) atoms. The van der Waals surface area contributed by atoms with Gasteiger partial charge in [0, 0.05) is 10.9 Å². The SMILES string of the molecule is COc1cc(C)c(Br)cc1C(=O)CC(C)CC(C)(C)C. The second-order valence-corrected chi connectivity index (χ2v) is 7.65. The summed E-state index contributed by atoms with van der Waals surface area (Å²) in [6.07, 6.45) is 1.59. The first-order chi connectivity index (χ1) is 9.14. The van der Waals surface area contributed by atoms with Crippen LogP contribution >= 0.6 is 15.9 Å². The summed E-state index contributed by atoms with van der Waals surface area (Å²) in [7, 11) is 1.61. The molecule has 0 saturated carbocycles. The fraction of sp³-hybridized carbons (Fsp3) is 0.588. The van der Waals surface area contributed by atoms with Gasteiger partial charge in [-0.05, 0) is 42.4 Å². The summed E-state index contributed by atoms with van der Waals surface area (Å²) in [5.41, 5.74) is 1.99. The van der Waals surface area contributed by atoms with E-state index in [0.717, 1.165) is 16.5 Å². The summed E-state index contributed by atoms with van der Waals surface area (Å²) >= 11 is 3.48. The lowest BCUT2D eigenvalue weighted by Crippen LogP contribution is -2.15. The maximum absolute atomic E-state index is 12.5. The number of ether oxygens (including phenoxy) is 1. The lowest BCUT2D eigenvalue weighted by molar-refractivity contribution is 0.0951. The molecule has 1 aromatic carbocycles. The maximum atomic E-state index is 12.5. The lowest BCUT2D eigenvalue weighted by atomic mass is 9.83. The zero-order chi connectivity index (χ0) is 15.5. The van der Waals surface area contributed by atoms with Gasteiger partial charge in [-0.15, -0.1) is 0 Å². The van der Waals surface area contributed by atoms with Gasteiger partial charge >= 0.3 is 0 Å². The van der Waals surface area contributed by atoms with E-state index in [0.29, 0.717) is 23.7 Å². The van der Waals surface area contributed by atoms with Crippen molar-refractivity contribution >= 4 is 21.7 Å². The van der Waals surface area contributed by atoms with Crippen LogP contribution in [0.3, 0.4) is 0 Å². The van der Waals surface area contributed by atoms with Crippen molar-refractivity contribution in [2.75, 3.05) is 7.11 Å². The minimum absolute atomic E-state index is 0.152. The Hall–Kier alpha value is -0.830. The van der Waals surface area contributed by atoms with E-state index in [9.17, 15) is 4.79 Å². The standard InChI is InChI=1S/C17H25BrO2/c1-11(10-17(3,4)5)7-15(19)13-9-14(18)12(2)8-16(13)20-6/h8-9,11H,7,10H2,1-6H3. The van der Waals surface area contributed by atoms with Gasteiger partial charge in [0.05, 0.1) is 12.7 Å². The summed E-state index contributed by atoms with van der Waals surface area (Å²) < 4.78 is 6.29. The van der Waals surface area contributed by atoms with E-state index in [1.54, 1.807) is 7.11 Å². The molecule has 0 radical (unpaired) electrons. The number of aryl methyl sites for hydroxylation is 1. The quantitative estimate of drug-likeness (QED) is 0.669. The predicted molar refractivity (Wildman–Crippen MR) is 87.6 cm³/mol. The van der Waals surface area contributed by atoms with Crippen LogP contribution in [0, 0.1) is 18.3 Å². The Morgan fingerprint density at radius 2 is 1.95 bits per heavy atom. The van der Waals surface area contributed by atoms with Crippen molar-refractivity contribution in [1.29, 1.82) is 0 Å². The summed E-state index contributed by atoms with van der Waals surface area (Å²) in [5.74, 6) is 1.19. The highest BCUT2D eigenvalue weighted by Crippen LogP contribution is 2.31. The highest BCUT2D eigenvalue weighted by molar-refractivity contribution is 9.10. The smallest absolute Gasteiger partial charge is 0.166 e. The Labute approximate surface area is 131 Å². The molecular weight excluding hydrogens is 316 g/mol. The van der Waals surface area contributed by atoms with Gasteiger partial charge in [0.1, 0.15) is 5.75 Å². The Morgan fingerprint density at radius 1 is 1.35 bits per heavy atom. The Kier molecular flexibility index (Phi) is 5.81. The molecule has 0 aliphatic rings. The number of halogens is 1. The molecule has 112 valence electrons. The van der Waals surface area contributed by atoms with Gasteiger partial charge in [0.25, 0.3) is 0 Å². The van der Waals surface area contributed by atoms with Crippen molar-refractivity contribution < 1.29 is 9.53 Å². The van der Waals surface area contributed by atoms with E-state index in [1.165, 1.54) is 0 Å². The molecule has 0 spiro atoms. The maximum Gasteiger partial charge on any atom is 0.166 e. The van der Waals surface area contributed by atoms with Crippen LogP contribution in [0.2, 0.25) is 0 Å². The first-order valence-corrected chi connectivity index (χ1v) is 7.80. The Bertz CT molecular complexity index is 486. The van der Waals surface area contributed by atoms with Gasteiger partial charge < -0.3 is 4.74 Å². The fourth-order valence-corrected chi connectivity index (χ4v) is 2.93. The van der Waals surface area contributed by atoms with Gasteiger partial charge in [0.15, 0.2) is 5.78 Å². The number of carbonyl (C=O) groups excluding carboxylic acids is 1. The number of hydrogen-bond acceptors (Lipinski definition) is 2. The molecule has 0 amide bonds. The third-order valence-electron chi connectivity index (χ3n) is 3.28. The normalized spacial score (nSPS) is 13.2. The lowest BCUT2D eigenvalue weighted by Gasteiger charge is -2.23. The van der Waals surface area contributed by atoms with E-state index in [4.69, 9.17) is 4.74 Å². The third kappa shape index (κ3) is 4.93. The molecule has 0 aliphatic heterocycles. The van der Waals surface area contributed by atoms with Crippen molar-refractivity contribution in [2.45, 2.75) is 47.5 Å². The van der Waals surface area contributed by atoms with Crippen molar-refractivity contribution in [2.24, 2.45) is 11.3 Å². The van der Waals surface area contributed by atoms with E-state index < -0.39 is 0 Å². The number of carbonyl (C=O) groups is 1. The van der Waals surface area contributed by atoms with Crippen LogP contribution in [0.4, 0.5) is 0 Å². The largest absolute Gasteiger partial charge is 0.496 e. The highest BCUT2D eigenvalue weighted by Gasteiger charge is 2.21. The molecule has 1 atom stereocenters. The summed E-state index contributed by atoms with van der Waals surface area (Å²) in [4.78, 5) is 12.5. The van der Waals surface area contributed by atoms with E-state index in [-0.39, 0.29) is 11.2 Å². The first-order valence-electron chi connectivity index (χ1n) is 7.01. The molecule has 0 N–H and O–H groups in total. The van der Waals surface area contributed by atoms with Crippen molar-refractivity contribution in [3.8, 4) is 5.75 Å². The molecule has 2 nitrogen and oxygen atoms in total. The third-order valence-corrected chi connectivity index (χ3v) is 4.13. The van der Waals surface area contributed by atoms with Crippen LogP contribution in [0.25, 0.3) is 0 Å². The van der Waals surface area contributed by atoms with Crippen molar-refractivity contribution in [3.05, 3.63) is 27.7 Å². The molecule has 0 heterocycles. The average Bonchev–Trinajstić information content (AvgIpc) is 2.29. The number of Topliss-reactive ketones (excluding diaryl/α,β-unsaturated/α-hetero) is 1. The zero-order valence-corrected chi connectivity index (χ0v) is 14.9. The highest BCUT2D eigenvalue weighted by atomic mass is 79.9. The zero-order valence-electron chi connectivity index (χ0n) is 13.3. The van der Waals surface area contributed by atoms with Gasteiger partial charge in [-0.1, -0.05) is 43.6 Å². The topological polar surface area (TPSA) is 26.3 Å². The average molecular weight is 341 g/mol. The summed E-state index contributed by atoms with van der Waals surface area (Å²) in [6.45, 7) is 10.7. The number of methoxy groups -OCH3 is 1. The van der Waals surface area contributed by atoms with E-state index in [1.807, 2.05) is 19.1 Å². The fourth-order valence-electron chi connectivity index (χ4n) is 2.59. The molecule has 0 fully saturated rings. The van der Waals surface area contributed by atoms with Crippen molar-refractivity contribution in [3.63, 3.8) is 0 Å². The van der Waals surface area contributed by atoms with Gasteiger partial charge in [0.2, 0.25) is 0 Å². The molecule has 0 bridgehead atoms. The minimum atomic E-state index is 0.152. The number of ketones is 1. The molecule has 0 aromatic heterocycles. The number of hydrogen-bond donors (Lipinski definition) is 0. The predicted octanol–water partition coefficient (Wildman–Crippen LogP) is 5.41. The molecule has 0 aliphatic carbocycles. The summed E-state index contributed by atoms with van der Waals surface area (Å²) in [6, 6.07) is 3.78. The second-order valence-electron chi connectivity index (χ2n) is 6.80. The monoisotopic (exact) mass is 340 g/mol. The second kappa shape index (κ2) is 6.75.